The highest BCUT2D eigenvalue weighted by Crippen LogP contribution is 2.35. The van der Waals surface area contributed by atoms with Gasteiger partial charge in [0, 0.05) is 12.5 Å². The van der Waals surface area contributed by atoms with Gasteiger partial charge in [-0.1, -0.05) is 30.3 Å². The molecule has 0 radical (unpaired) electrons. The molecule has 0 aliphatic carbocycles. The SMILES string of the molecule is CC(=O)NC(c1ccco1)c1c(O)ccc2ccccc12. The normalized spacial score (nSPS) is 12.2. The predicted molar refractivity (Wildman–Crippen MR) is 80.0 cm³/mol. The number of phenolic OH excluding ortho intramolecular Hbond substituents is 1. The summed E-state index contributed by atoms with van der Waals surface area (Å²) >= 11 is 0. The van der Waals surface area contributed by atoms with Crippen molar-refractivity contribution in [3.05, 3.63) is 66.1 Å². The van der Waals surface area contributed by atoms with E-state index in [1.165, 1.54) is 6.92 Å². The van der Waals surface area contributed by atoms with Gasteiger partial charge in [-0.3, -0.25) is 4.79 Å². The second kappa shape index (κ2) is 5.32. The van der Waals surface area contributed by atoms with Gasteiger partial charge >= 0.3 is 0 Å². The Kier molecular flexibility index (Phi) is 3.36. The van der Waals surface area contributed by atoms with Gasteiger partial charge < -0.3 is 14.8 Å². The number of amides is 1. The maximum absolute atomic E-state index is 11.5. The molecular weight excluding hydrogens is 266 g/mol. The highest BCUT2D eigenvalue weighted by molar-refractivity contribution is 5.89. The third-order valence-electron chi connectivity index (χ3n) is 3.41. The molecule has 2 aromatic carbocycles. The first-order valence-corrected chi connectivity index (χ1v) is 6.68. The van der Waals surface area contributed by atoms with Crippen molar-refractivity contribution in [2.45, 2.75) is 13.0 Å². The van der Waals surface area contributed by atoms with Crippen LogP contribution in [0.25, 0.3) is 10.8 Å². The fourth-order valence-electron chi connectivity index (χ4n) is 2.53. The van der Waals surface area contributed by atoms with Crippen LogP contribution in [-0.2, 0) is 4.79 Å². The first-order valence-electron chi connectivity index (χ1n) is 6.68. The van der Waals surface area contributed by atoms with Crippen LogP contribution >= 0.6 is 0 Å². The Hall–Kier alpha value is -2.75. The molecule has 2 N–H and O–H groups in total. The third-order valence-corrected chi connectivity index (χ3v) is 3.41. The molecule has 106 valence electrons. The van der Waals surface area contributed by atoms with E-state index >= 15 is 0 Å². The number of hydrogen-bond donors (Lipinski definition) is 2. The summed E-state index contributed by atoms with van der Waals surface area (Å²) in [6, 6.07) is 14.2. The second-order valence-electron chi connectivity index (χ2n) is 4.87. The number of rotatable bonds is 3. The summed E-state index contributed by atoms with van der Waals surface area (Å²) in [6.45, 7) is 1.44. The van der Waals surface area contributed by atoms with E-state index in [1.807, 2.05) is 30.3 Å². The summed E-state index contributed by atoms with van der Waals surface area (Å²) in [6.07, 6.45) is 1.55. The highest BCUT2D eigenvalue weighted by atomic mass is 16.3. The van der Waals surface area contributed by atoms with E-state index in [-0.39, 0.29) is 11.7 Å². The van der Waals surface area contributed by atoms with Gasteiger partial charge in [-0.05, 0) is 29.0 Å². The molecule has 4 nitrogen and oxygen atoms in total. The lowest BCUT2D eigenvalue weighted by atomic mass is 9.96. The fraction of sp³-hybridized carbons (Fsp3) is 0.118. The van der Waals surface area contributed by atoms with Crippen molar-refractivity contribution in [2.75, 3.05) is 0 Å². The Morgan fingerprint density at radius 2 is 1.95 bits per heavy atom. The molecule has 1 unspecified atom stereocenters. The number of aromatic hydroxyl groups is 1. The van der Waals surface area contributed by atoms with E-state index in [0.717, 1.165) is 10.8 Å². The van der Waals surface area contributed by atoms with E-state index in [4.69, 9.17) is 4.42 Å². The van der Waals surface area contributed by atoms with Crippen LogP contribution < -0.4 is 5.32 Å². The van der Waals surface area contributed by atoms with Crippen LogP contribution in [0.4, 0.5) is 0 Å². The number of furan rings is 1. The molecule has 3 aromatic rings. The minimum absolute atomic E-state index is 0.129. The summed E-state index contributed by atoms with van der Waals surface area (Å²) in [5, 5.41) is 15.0. The van der Waals surface area contributed by atoms with Crippen LogP contribution in [0.15, 0.2) is 59.2 Å². The Morgan fingerprint density at radius 1 is 1.14 bits per heavy atom. The molecule has 1 amide bonds. The van der Waals surface area contributed by atoms with Crippen molar-refractivity contribution < 1.29 is 14.3 Å². The summed E-state index contributed by atoms with van der Waals surface area (Å²) in [5.74, 6) is 0.518. The Balaban J connectivity index is 2.23. The van der Waals surface area contributed by atoms with Crippen molar-refractivity contribution in [1.82, 2.24) is 5.32 Å². The maximum atomic E-state index is 11.5. The van der Waals surface area contributed by atoms with Gasteiger partial charge in [0.1, 0.15) is 17.6 Å². The Morgan fingerprint density at radius 3 is 2.67 bits per heavy atom. The molecule has 1 atom stereocenters. The lowest BCUT2D eigenvalue weighted by Crippen LogP contribution is -2.26. The number of carbonyl (C=O) groups is 1. The van der Waals surface area contributed by atoms with Gasteiger partial charge in [0.05, 0.1) is 6.26 Å². The zero-order valence-electron chi connectivity index (χ0n) is 11.5. The molecule has 3 rings (SSSR count). The van der Waals surface area contributed by atoms with Crippen molar-refractivity contribution in [3.63, 3.8) is 0 Å². The zero-order valence-corrected chi connectivity index (χ0v) is 11.5. The quantitative estimate of drug-likeness (QED) is 0.773. The highest BCUT2D eigenvalue weighted by Gasteiger charge is 2.23. The van der Waals surface area contributed by atoms with Crippen molar-refractivity contribution in [3.8, 4) is 5.75 Å². The standard InChI is InChI=1S/C17H15NO3/c1-11(19)18-17(15-7-4-10-21-15)16-13-6-3-2-5-12(13)8-9-14(16)20/h2-10,17,20H,1H3,(H,18,19). The molecule has 4 heteroatoms. The van der Waals surface area contributed by atoms with Gasteiger partial charge in [-0.2, -0.15) is 0 Å². The fourth-order valence-corrected chi connectivity index (χ4v) is 2.53. The number of hydrogen-bond acceptors (Lipinski definition) is 3. The molecule has 0 bridgehead atoms. The molecule has 1 heterocycles. The molecule has 0 aliphatic heterocycles. The monoisotopic (exact) mass is 281 g/mol. The molecule has 0 fully saturated rings. The van der Waals surface area contributed by atoms with E-state index in [2.05, 4.69) is 5.32 Å². The number of benzene rings is 2. The number of carbonyl (C=O) groups excluding carboxylic acids is 1. The van der Waals surface area contributed by atoms with Crippen LogP contribution in [0.3, 0.4) is 0 Å². The van der Waals surface area contributed by atoms with E-state index in [0.29, 0.717) is 11.3 Å². The smallest absolute Gasteiger partial charge is 0.217 e. The average Bonchev–Trinajstić information content (AvgIpc) is 2.99. The largest absolute Gasteiger partial charge is 0.508 e. The summed E-state index contributed by atoms with van der Waals surface area (Å²) < 4.78 is 5.43. The van der Waals surface area contributed by atoms with Crippen molar-refractivity contribution >= 4 is 16.7 Å². The number of fused-ring (bicyclic) bond motifs is 1. The number of phenols is 1. The van der Waals surface area contributed by atoms with Crippen molar-refractivity contribution in [2.24, 2.45) is 0 Å². The minimum atomic E-state index is -0.524. The van der Waals surface area contributed by atoms with Crippen molar-refractivity contribution in [1.29, 1.82) is 0 Å². The number of nitrogens with one attached hydrogen (secondary N) is 1. The van der Waals surface area contributed by atoms with Gasteiger partial charge in [-0.15, -0.1) is 0 Å². The van der Waals surface area contributed by atoms with Gasteiger partial charge in [0.15, 0.2) is 0 Å². The molecule has 0 saturated heterocycles. The predicted octanol–water partition coefficient (Wildman–Crippen LogP) is 3.36. The van der Waals surface area contributed by atoms with E-state index in [9.17, 15) is 9.90 Å². The topological polar surface area (TPSA) is 62.5 Å². The maximum Gasteiger partial charge on any atom is 0.217 e. The van der Waals surface area contributed by atoms with Crippen LogP contribution in [0.1, 0.15) is 24.3 Å². The summed E-state index contributed by atoms with van der Waals surface area (Å²) in [5.41, 5.74) is 0.637. The van der Waals surface area contributed by atoms with Gasteiger partial charge in [0.2, 0.25) is 5.91 Å². The molecule has 0 saturated carbocycles. The second-order valence-corrected chi connectivity index (χ2v) is 4.87. The molecule has 0 aliphatic rings. The molecule has 0 spiro atoms. The van der Waals surface area contributed by atoms with E-state index < -0.39 is 6.04 Å². The van der Waals surface area contributed by atoms with Gasteiger partial charge in [0.25, 0.3) is 0 Å². The summed E-state index contributed by atoms with van der Waals surface area (Å²) in [4.78, 5) is 11.5. The first-order chi connectivity index (χ1) is 10.2. The third kappa shape index (κ3) is 2.48. The molecule has 21 heavy (non-hydrogen) atoms. The minimum Gasteiger partial charge on any atom is -0.508 e. The van der Waals surface area contributed by atoms with Crippen LogP contribution in [0.2, 0.25) is 0 Å². The van der Waals surface area contributed by atoms with E-state index in [1.54, 1.807) is 24.5 Å². The summed E-state index contributed by atoms with van der Waals surface area (Å²) in [7, 11) is 0. The lowest BCUT2D eigenvalue weighted by molar-refractivity contribution is -0.119. The first kappa shape index (κ1) is 13.2. The average molecular weight is 281 g/mol. The molecular formula is C17H15NO3. The van der Waals surface area contributed by atoms with Crippen LogP contribution in [-0.4, -0.2) is 11.0 Å². The van der Waals surface area contributed by atoms with Gasteiger partial charge in [-0.25, -0.2) is 0 Å². The van der Waals surface area contributed by atoms with Crippen LogP contribution in [0.5, 0.6) is 5.75 Å². The zero-order chi connectivity index (χ0) is 14.8. The lowest BCUT2D eigenvalue weighted by Gasteiger charge is -2.19. The van der Waals surface area contributed by atoms with Crippen LogP contribution in [0, 0.1) is 0 Å². The Bertz CT molecular complexity index is 778. The Labute approximate surface area is 122 Å². The molecule has 1 aromatic heterocycles.